The minimum absolute atomic E-state index is 0.0227. The quantitative estimate of drug-likeness (QED) is 0.770. The summed E-state index contributed by atoms with van der Waals surface area (Å²) in [5, 5.41) is 0. The minimum Gasteiger partial charge on any atom is -0.341 e. The average molecular weight is 334 g/mol. The second kappa shape index (κ2) is 5.34. The summed E-state index contributed by atoms with van der Waals surface area (Å²) in [7, 11) is 0. The molecular formula is C15H13BrFN3. The van der Waals surface area contributed by atoms with E-state index in [-0.39, 0.29) is 11.7 Å². The van der Waals surface area contributed by atoms with Gasteiger partial charge in [0.15, 0.2) is 0 Å². The molecule has 102 valence electrons. The first-order chi connectivity index (χ1) is 9.69. The molecule has 2 aromatic carbocycles. The average Bonchev–Trinajstić information content (AvgIpc) is 2.84. The molecule has 3 aromatic rings. The van der Waals surface area contributed by atoms with Gasteiger partial charge in [0, 0.05) is 12.6 Å². The van der Waals surface area contributed by atoms with Crippen LogP contribution in [0.2, 0.25) is 0 Å². The number of aromatic nitrogens is 2. The molecular weight excluding hydrogens is 321 g/mol. The molecule has 0 radical (unpaired) electrons. The Morgan fingerprint density at radius 3 is 2.70 bits per heavy atom. The van der Waals surface area contributed by atoms with Crippen molar-refractivity contribution in [2.75, 3.05) is 6.54 Å². The van der Waals surface area contributed by atoms with Crippen LogP contribution in [0.1, 0.15) is 17.3 Å². The first-order valence-corrected chi connectivity index (χ1v) is 7.08. The van der Waals surface area contributed by atoms with E-state index in [0.717, 1.165) is 16.9 Å². The number of benzene rings is 2. The highest BCUT2D eigenvalue weighted by atomic mass is 79.9. The van der Waals surface area contributed by atoms with Crippen molar-refractivity contribution in [1.82, 2.24) is 9.97 Å². The molecule has 0 fully saturated rings. The number of hydrogen-bond donors (Lipinski definition) is 2. The van der Waals surface area contributed by atoms with Gasteiger partial charge in [-0.25, -0.2) is 9.37 Å². The van der Waals surface area contributed by atoms with Gasteiger partial charge in [-0.05, 0) is 27.6 Å². The Labute approximate surface area is 124 Å². The second-order valence-corrected chi connectivity index (χ2v) is 5.46. The monoisotopic (exact) mass is 333 g/mol. The maximum Gasteiger partial charge on any atom is 0.139 e. The summed E-state index contributed by atoms with van der Waals surface area (Å²) in [6.07, 6.45) is 0. The van der Waals surface area contributed by atoms with Gasteiger partial charge in [-0.1, -0.05) is 30.3 Å². The van der Waals surface area contributed by atoms with E-state index in [1.165, 1.54) is 6.07 Å². The van der Waals surface area contributed by atoms with E-state index in [1.807, 2.05) is 30.3 Å². The number of nitrogens with two attached hydrogens (primary N) is 1. The van der Waals surface area contributed by atoms with Crippen molar-refractivity contribution < 1.29 is 4.39 Å². The van der Waals surface area contributed by atoms with Crippen molar-refractivity contribution >= 4 is 27.0 Å². The van der Waals surface area contributed by atoms with E-state index in [0.29, 0.717) is 16.5 Å². The van der Waals surface area contributed by atoms with E-state index in [4.69, 9.17) is 5.73 Å². The van der Waals surface area contributed by atoms with Crippen LogP contribution >= 0.6 is 15.9 Å². The SMILES string of the molecule is NCC(c1ccccc1)c1nc2cc(Br)c(F)cc2[nH]1. The largest absolute Gasteiger partial charge is 0.341 e. The molecule has 0 saturated heterocycles. The van der Waals surface area contributed by atoms with Crippen molar-refractivity contribution in [3.8, 4) is 0 Å². The molecule has 0 aliphatic carbocycles. The summed E-state index contributed by atoms with van der Waals surface area (Å²) in [5.74, 6) is 0.424. The Bertz CT molecular complexity index is 700. The Kier molecular flexibility index (Phi) is 3.54. The van der Waals surface area contributed by atoms with Crippen molar-refractivity contribution in [2.45, 2.75) is 5.92 Å². The number of hydrogen-bond acceptors (Lipinski definition) is 2. The Balaban J connectivity index is 2.09. The highest BCUT2D eigenvalue weighted by Crippen LogP contribution is 2.26. The van der Waals surface area contributed by atoms with E-state index in [1.54, 1.807) is 6.07 Å². The Hall–Kier alpha value is -1.72. The summed E-state index contributed by atoms with van der Waals surface area (Å²) >= 11 is 3.17. The molecule has 1 aromatic heterocycles. The van der Waals surface area contributed by atoms with Gasteiger partial charge in [-0.3, -0.25) is 0 Å². The molecule has 5 heteroatoms. The van der Waals surface area contributed by atoms with Gasteiger partial charge in [-0.2, -0.15) is 0 Å². The maximum absolute atomic E-state index is 13.5. The third-order valence-corrected chi connectivity index (χ3v) is 3.92. The van der Waals surface area contributed by atoms with Crippen molar-refractivity contribution in [3.05, 3.63) is 64.1 Å². The molecule has 0 aliphatic rings. The van der Waals surface area contributed by atoms with Gasteiger partial charge in [-0.15, -0.1) is 0 Å². The van der Waals surface area contributed by atoms with Gasteiger partial charge in [0.2, 0.25) is 0 Å². The van der Waals surface area contributed by atoms with Gasteiger partial charge in [0.1, 0.15) is 11.6 Å². The standard InChI is InChI=1S/C15H13BrFN3/c16-11-6-13-14(7-12(11)17)20-15(19-13)10(8-18)9-4-2-1-3-5-9/h1-7,10H,8,18H2,(H,19,20). The predicted molar refractivity (Wildman–Crippen MR) is 81.1 cm³/mol. The van der Waals surface area contributed by atoms with Gasteiger partial charge in [0.05, 0.1) is 21.4 Å². The third kappa shape index (κ3) is 2.34. The summed E-state index contributed by atoms with van der Waals surface area (Å²) in [6, 6.07) is 13.0. The second-order valence-electron chi connectivity index (χ2n) is 4.60. The summed E-state index contributed by atoms with van der Waals surface area (Å²) in [5.41, 5.74) is 8.37. The van der Waals surface area contributed by atoms with Gasteiger partial charge >= 0.3 is 0 Å². The van der Waals surface area contributed by atoms with Crippen LogP contribution in [0, 0.1) is 5.82 Å². The number of fused-ring (bicyclic) bond motifs is 1. The molecule has 1 heterocycles. The topological polar surface area (TPSA) is 54.7 Å². The Morgan fingerprint density at radius 2 is 2.00 bits per heavy atom. The highest BCUT2D eigenvalue weighted by Gasteiger charge is 2.17. The zero-order valence-corrected chi connectivity index (χ0v) is 12.2. The first-order valence-electron chi connectivity index (χ1n) is 6.28. The predicted octanol–water partition coefficient (Wildman–Crippen LogP) is 3.56. The summed E-state index contributed by atoms with van der Waals surface area (Å²) in [4.78, 5) is 7.69. The number of nitrogens with one attached hydrogen (secondary N) is 1. The molecule has 1 atom stereocenters. The number of H-pyrrole nitrogens is 1. The van der Waals surface area contributed by atoms with Crippen LogP contribution in [0.25, 0.3) is 11.0 Å². The number of imidazole rings is 1. The van der Waals surface area contributed by atoms with Gasteiger partial charge < -0.3 is 10.7 Å². The lowest BCUT2D eigenvalue weighted by Gasteiger charge is -2.11. The van der Waals surface area contributed by atoms with Crippen molar-refractivity contribution in [1.29, 1.82) is 0 Å². The minimum atomic E-state index is -0.309. The first kappa shape index (κ1) is 13.3. The molecule has 3 rings (SSSR count). The summed E-state index contributed by atoms with van der Waals surface area (Å²) in [6.45, 7) is 0.438. The fraction of sp³-hybridized carbons (Fsp3) is 0.133. The summed E-state index contributed by atoms with van der Waals surface area (Å²) < 4.78 is 14.0. The lowest BCUT2D eigenvalue weighted by atomic mass is 9.99. The molecule has 1 unspecified atom stereocenters. The molecule has 0 bridgehead atoms. The fourth-order valence-corrected chi connectivity index (χ4v) is 2.61. The van der Waals surface area contributed by atoms with Crippen LogP contribution in [-0.4, -0.2) is 16.5 Å². The van der Waals surface area contributed by atoms with Gasteiger partial charge in [0.25, 0.3) is 0 Å². The highest BCUT2D eigenvalue weighted by molar-refractivity contribution is 9.10. The fourth-order valence-electron chi connectivity index (χ4n) is 2.28. The van der Waals surface area contributed by atoms with E-state index in [9.17, 15) is 4.39 Å². The maximum atomic E-state index is 13.5. The third-order valence-electron chi connectivity index (χ3n) is 3.31. The number of halogens is 2. The van der Waals surface area contributed by atoms with Crippen LogP contribution in [0.15, 0.2) is 46.9 Å². The van der Waals surface area contributed by atoms with Crippen LogP contribution < -0.4 is 5.73 Å². The van der Waals surface area contributed by atoms with E-state index >= 15 is 0 Å². The van der Waals surface area contributed by atoms with Crippen LogP contribution in [0.5, 0.6) is 0 Å². The molecule has 0 aliphatic heterocycles. The van der Waals surface area contributed by atoms with Crippen LogP contribution in [0.3, 0.4) is 0 Å². The van der Waals surface area contributed by atoms with Crippen molar-refractivity contribution in [2.24, 2.45) is 5.73 Å². The van der Waals surface area contributed by atoms with Crippen molar-refractivity contribution in [3.63, 3.8) is 0 Å². The lowest BCUT2D eigenvalue weighted by Crippen LogP contribution is -2.15. The number of aromatic amines is 1. The molecule has 0 saturated carbocycles. The Morgan fingerprint density at radius 1 is 1.25 bits per heavy atom. The zero-order chi connectivity index (χ0) is 14.1. The molecule has 3 nitrogen and oxygen atoms in total. The van der Waals surface area contributed by atoms with Crippen LogP contribution in [-0.2, 0) is 0 Å². The normalized spacial score (nSPS) is 12.8. The molecule has 0 spiro atoms. The molecule has 0 amide bonds. The smallest absolute Gasteiger partial charge is 0.139 e. The molecule has 20 heavy (non-hydrogen) atoms. The van der Waals surface area contributed by atoms with E-state index in [2.05, 4.69) is 25.9 Å². The zero-order valence-electron chi connectivity index (χ0n) is 10.6. The lowest BCUT2D eigenvalue weighted by molar-refractivity contribution is 0.623. The number of rotatable bonds is 3. The number of nitrogens with zero attached hydrogens (tertiary/aromatic N) is 1. The van der Waals surface area contributed by atoms with E-state index < -0.39 is 0 Å². The van der Waals surface area contributed by atoms with Crippen LogP contribution in [0.4, 0.5) is 4.39 Å². The molecule has 3 N–H and O–H groups in total.